The summed E-state index contributed by atoms with van der Waals surface area (Å²) >= 11 is 0. The Labute approximate surface area is 136 Å². The third-order valence-corrected chi connectivity index (χ3v) is 4.57. The Kier molecular flexibility index (Phi) is 4.13. The smallest absolute Gasteiger partial charge is 0.271 e. The Morgan fingerprint density at radius 3 is 1.42 bits per heavy atom. The van der Waals surface area contributed by atoms with E-state index in [0.29, 0.717) is 0 Å². The van der Waals surface area contributed by atoms with E-state index in [9.17, 15) is 19.2 Å². The van der Waals surface area contributed by atoms with Gasteiger partial charge in [-0.3, -0.25) is 19.2 Å². The molecule has 1 saturated carbocycles. The van der Waals surface area contributed by atoms with E-state index in [1.807, 2.05) is 0 Å². The number of nitrogens with one attached hydrogen (secondary N) is 2. The molecule has 0 radical (unpaired) electrons. The highest BCUT2D eigenvalue weighted by atomic mass is 16.5. The van der Waals surface area contributed by atoms with Crippen LogP contribution in [0.3, 0.4) is 0 Å². The first-order valence-corrected chi connectivity index (χ1v) is 7.77. The molecule has 2 atom stereocenters. The summed E-state index contributed by atoms with van der Waals surface area (Å²) < 4.78 is 9.87. The SMILES string of the molecule is COc1c(N[C@@H]2CCCC[C@H]2Nc2c(OC)c(=O)c2=O)c(=O)c1=O. The van der Waals surface area contributed by atoms with Crippen molar-refractivity contribution in [2.45, 2.75) is 37.8 Å². The Bertz CT molecular complexity index is 826. The minimum absolute atomic E-state index is 0.0380. The molecule has 24 heavy (non-hydrogen) atoms. The highest BCUT2D eigenvalue weighted by Gasteiger charge is 2.32. The summed E-state index contributed by atoms with van der Waals surface area (Å²) in [6.07, 6.45) is 3.43. The summed E-state index contributed by atoms with van der Waals surface area (Å²) in [6.45, 7) is 0. The average Bonchev–Trinajstić information content (AvgIpc) is 2.61. The molecular weight excluding hydrogens is 316 g/mol. The predicted octanol–water partition coefficient (Wildman–Crippen LogP) is -0.269. The van der Waals surface area contributed by atoms with Crippen molar-refractivity contribution in [2.24, 2.45) is 0 Å². The first-order valence-electron chi connectivity index (χ1n) is 7.77. The van der Waals surface area contributed by atoms with Gasteiger partial charge in [0.25, 0.3) is 21.7 Å². The highest BCUT2D eigenvalue weighted by molar-refractivity contribution is 5.64. The van der Waals surface area contributed by atoms with Crippen LogP contribution >= 0.6 is 0 Å². The molecule has 0 spiro atoms. The summed E-state index contributed by atoms with van der Waals surface area (Å²) in [5, 5.41) is 6.12. The van der Waals surface area contributed by atoms with Gasteiger partial charge in [-0.15, -0.1) is 0 Å². The molecule has 0 bridgehead atoms. The van der Waals surface area contributed by atoms with E-state index in [2.05, 4.69) is 10.6 Å². The topological polar surface area (TPSA) is 111 Å². The zero-order chi connectivity index (χ0) is 17.4. The summed E-state index contributed by atoms with van der Waals surface area (Å²) in [4.78, 5) is 46.2. The normalized spacial score (nSPS) is 20.9. The monoisotopic (exact) mass is 334 g/mol. The van der Waals surface area contributed by atoms with Crippen LogP contribution < -0.4 is 41.8 Å². The van der Waals surface area contributed by atoms with Crippen LogP contribution in [-0.2, 0) is 0 Å². The van der Waals surface area contributed by atoms with E-state index in [0.717, 1.165) is 25.7 Å². The van der Waals surface area contributed by atoms with Gasteiger partial charge < -0.3 is 20.1 Å². The molecule has 2 N–H and O–H groups in total. The molecule has 1 aliphatic rings. The fourth-order valence-electron chi connectivity index (χ4n) is 3.24. The van der Waals surface area contributed by atoms with Crippen molar-refractivity contribution >= 4 is 11.4 Å². The van der Waals surface area contributed by atoms with Crippen molar-refractivity contribution < 1.29 is 9.47 Å². The van der Waals surface area contributed by atoms with Gasteiger partial charge >= 0.3 is 0 Å². The van der Waals surface area contributed by atoms with Gasteiger partial charge in [-0.1, -0.05) is 12.8 Å². The lowest BCUT2D eigenvalue weighted by molar-refractivity contribution is 0.393. The molecule has 2 aromatic rings. The van der Waals surface area contributed by atoms with Gasteiger partial charge in [-0.25, -0.2) is 0 Å². The standard InChI is InChI=1S/C16H18N2O6/c1-23-15-9(11(19)13(15)21)17-7-5-3-4-6-8(7)18-10-12(20)14(22)16(10)24-2/h7-8,17-18H,3-6H2,1-2H3/t7-,8-/m1/s1. The molecule has 1 fully saturated rings. The van der Waals surface area contributed by atoms with Crippen molar-refractivity contribution in [3.8, 4) is 11.5 Å². The largest absolute Gasteiger partial charge is 0.491 e. The molecule has 0 saturated heterocycles. The second-order valence-electron chi connectivity index (χ2n) is 5.92. The minimum atomic E-state index is -0.635. The van der Waals surface area contributed by atoms with Gasteiger partial charge in [0.1, 0.15) is 11.4 Å². The zero-order valence-electron chi connectivity index (χ0n) is 13.4. The van der Waals surface area contributed by atoms with Crippen LogP contribution in [0.25, 0.3) is 0 Å². The maximum Gasteiger partial charge on any atom is 0.271 e. The van der Waals surface area contributed by atoms with Crippen LogP contribution in [-0.4, -0.2) is 26.3 Å². The Balaban J connectivity index is 1.79. The average molecular weight is 334 g/mol. The molecule has 8 nitrogen and oxygen atoms in total. The molecule has 128 valence electrons. The van der Waals surface area contributed by atoms with Crippen molar-refractivity contribution in [3.05, 3.63) is 40.9 Å². The molecule has 0 heterocycles. The number of rotatable bonds is 6. The van der Waals surface area contributed by atoms with E-state index in [4.69, 9.17) is 9.47 Å². The maximum atomic E-state index is 11.7. The first-order chi connectivity index (χ1) is 11.5. The highest BCUT2D eigenvalue weighted by Crippen LogP contribution is 2.28. The van der Waals surface area contributed by atoms with Gasteiger partial charge in [0.2, 0.25) is 0 Å². The van der Waals surface area contributed by atoms with E-state index in [1.54, 1.807) is 0 Å². The van der Waals surface area contributed by atoms with Crippen molar-refractivity contribution in [2.75, 3.05) is 24.9 Å². The molecule has 3 rings (SSSR count). The lowest BCUT2D eigenvalue weighted by Crippen LogP contribution is -2.48. The predicted molar refractivity (Wildman–Crippen MR) is 89.1 cm³/mol. The Hall–Kier alpha value is -2.64. The fraction of sp³-hybridized carbons (Fsp3) is 0.500. The van der Waals surface area contributed by atoms with E-state index < -0.39 is 21.7 Å². The maximum absolute atomic E-state index is 11.7. The summed E-state index contributed by atoms with van der Waals surface area (Å²) in [6, 6.07) is -0.324. The van der Waals surface area contributed by atoms with E-state index in [1.165, 1.54) is 14.2 Å². The van der Waals surface area contributed by atoms with Crippen LogP contribution in [0.15, 0.2) is 19.2 Å². The summed E-state index contributed by atoms with van der Waals surface area (Å²) in [5.74, 6) is 0.0760. The molecule has 0 unspecified atom stereocenters. The van der Waals surface area contributed by atoms with Crippen molar-refractivity contribution in [1.82, 2.24) is 0 Å². The van der Waals surface area contributed by atoms with Crippen molar-refractivity contribution in [3.63, 3.8) is 0 Å². The molecule has 0 aliphatic heterocycles. The number of methoxy groups -OCH3 is 2. The summed E-state index contributed by atoms with van der Waals surface area (Å²) in [7, 11) is 2.68. The van der Waals surface area contributed by atoms with E-state index in [-0.39, 0.29) is 35.0 Å². The van der Waals surface area contributed by atoms with Gasteiger partial charge in [-0.2, -0.15) is 0 Å². The third-order valence-electron chi connectivity index (χ3n) is 4.57. The van der Waals surface area contributed by atoms with E-state index >= 15 is 0 Å². The molecule has 1 aliphatic carbocycles. The van der Waals surface area contributed by atoms with Crippen LogP contribution in [0.1, 0.15) is 25.7 Å². The van der Waals surface area contributed by atoms with Crippen LogP contribution in [0.4, 0.5) is 11.4 Å². The quantitative estimate of drug-likeness (QED) is 0.695. The van der Waals surface area contributed by atoms with Gasteiger partial charge in [0.05, 0.1) is 14.2 Å². The Morgan fingerprint density at radius 2 is 1.08 bits per heavy atom. The summed E-state index contributed by atoms with van der Waals surface area (Å²) in [5.41, 5.74) is -2.10. The molecule has 0 aromatic heterocycles. The second kappa shape index (κ2) is 6.10. The number of anilines is 2. The molecular formula is C16H18N2O6. The molecule has 2 aromatic carbocycles. The zero-order valence-corrected chi connectivity index (χ0v) is 13.4. The number of hydrogen-bond acceptors (Lipinski definition) is 8. The molecule has 0 amide bonds. The van der Waals surface area contributed by atoms with Gasteiger partial charge in [0, 0.05) is 12.1 Å². The Morgan fingerprint density at radius 1 is 0.708 bits per heavy atom. The van der Waals surface area contributed by atoms with Crippen LogP contribution in [0.2, 0.25) is 0 Å². The van der Waals surface area contributed by atoms with Crippen LogP contribution in [0, 0.1) is 0 Å². The number of ether oxygens (including phenoxy) is 2. The minimum Gasteiger partial charge on any atom is -0.491 e. The van der Waals surface area contributed by atoms with Gasteiger partial charge in [-0.05, 0) is 12.8 Å². The fourth-order valence-corrected chi connectivity index (χ4v) is 3.24. The van der Waals surface area contributed by atoms with Gasteiger partial charge in [0.15, 0.2) is 11.5 Å². The third kappa shape index (κ3) is 2.38. The second-order valence-corrected chi connectivity index (χ2v) is 5.92. The van der Waals surface area contributed by atoms with Crippen molar-refractivity contribution in [1.29, 1.82) is 0 Å². The lowest BCUT2D eigenvalue weighted by atomic mass is 9.89. The lowest BCUT2D eigenvalue weighted by Gasteiger charge is -2.34. The first kappa shape index (κ1) is 16.2. The number of hydrogen-bond donors (Lipinski definition) is 2. The van der Waals surface area contributed by atoms with Crippen LogP contribution in [0.5, 0.6) is 11.5 Å². The molecule has 8 heteroatoms.